The van der Waals surface area contributed by atoms with Crippen molar-refractivity contribution in [3.8, 4) is 11.8 Å². The Labute approximate surface area is 88.5 Å². The summed E-state index contributed by atoms with van der Waals surface area (Å²) in [5, 5.41) is 27.1. The molecule has 5 heteroatoms. The first-order chi connectivity index (χ1) is 6.61. The predicted molar refractivity (Wildman–Crippen MR) is 52.4 cm³/mol. The molecular formula is C9H6BrNO3. The van der Waals surface area contributed by atoms with Crippen LogP contribution in [0, 0.1) is 11.3 Å². The quantitative estimate of drug-likeness (QED) is 0.791. The van der Waals surface area contributed by atoms with Crippen LogP contribution in [0.4, 0.5) is 0 Å². The van der Waals surface area contributed by atoms with Crippen molar-refractivity contribution in [2.24, 2.45) is 0 Å². The van der Waals surface area contributed by atoms with Gasteiger partial charge in [-0.1, -0.05) is 22.0 Å². The topological polar surface area (TPSA) is 81.3 Å². The van der Waals surface area contributed by atoms with Crippen LogP contribution >= 0.6 is 15.9 Å². The number of nitrogens with zero attached hydrogens (tertiary/aromatic N) is 1. The summed E-state index contributed by atoms with van der Waals surface area (Å²) in [5.41, 5.74) is 0.182. The lowest BCUT2D eigenvalue weighted by Gasteiger charge is -2.05. The van der Waals surface area contributed by atoms with Gasteiger partial charge in [-0.15, -0.1) is 0 Å². The fourth-order valence-electron chi connectivity index (χ4n) is 1.07. The predicted octanol–water partition coefficient (Wildman–Crippen LogP) is 1.86. The summed E-state index contributed by atoms with van der Waals surface area (Å²) in [6, 6.07) is 4.60. The first kappa shape index (κ1) is 10.5. The SMILES string of the molecule is N#Cc1ccc(CBr)c(C(=O)O)c1O. The number of carbonyl (C=O) groups is 1. The number of alkyl halides is 1. The highest BCUT2D eigenvalue weighted by Gasteiger charge is 2.17. The van der Waals surface area contributed by atoms with Gasteiger partial charge >= 0.3 is 5.97 Å². The van der Waals surface area contributed by atoms with Gasteiger partial charge in [0.2, 0.25) is 0 Å². The second-order valence-corrected chi connectivity index (χ2v) is 3.11. The third kappa shape index (κ3) is 1.70. The summed E-state index contributed by atoms with van der Waals surface area (Å²) in [6.07, 6.45) is 0. The zero-order chi connectivity index (χ0) is 10.7. The van der Waals surface area contributed by atoms with E-state index in [-0.39, 0.29) is 11.1 Å². The number of hydrogen-bond acceptors (Lipinski definition) is 3. The van der Waals surface area contributed by atoms with E-state index >= 15 is 0 Å². The molecule has 0 atom stereocenters. The van der Waals surface area contributed by atoms with Crippen molar-refractivity contribution < 1.29 is 15.0 Å². The third-order valence-electron chi connectivity index (χ3n) is 1.74. The Morgan fingerprint density at radius 2 is 2.21 bits per heavy atom. The Morgan fingerprint density at radius 1 is 1.57 bits per heavy atom. The number of carboxylic acids is 1. The van der Waals surface area contributed by atoms with Crippen molar-refractivity contribution in [3.05, 3.63) is 28.8 Å². The molecule has 1 aromatic carbocycles. The van der Waals surface area contributed by atoms with Gasteiger partial charge in [0, 0.05) is 5.33 Å². The molecule has 0 aromatic heterocycles. The van der Waals surface area contributed by atoms with Crippen LogP contribution < -0.4 is 0 Å². The third-order valence-corrected chi connectivity index (χ3v) is 2.35. The molecule has 4 nitrogen and oxygen atoms in total. The minimum atomic E-state index is -1.24. The summed E-state index contributed by atoms with van der Waals surface area (Å²) in [5.74, 6) is -1.72. The molecule has 14 heavy (non-hydrogen) atoms. The van der Waals surface area contributed by atoms with Gasteiger partial charge in [-0.3, -0.25) is 0 Å². The molecule has 0 aliphatic rings. The summed E-state index contributed by atoms with van der Waals surface area (Å²) in [4.78, 5) is 10.8. The zero-order valence-electron chi connectivity index (χ0n) is 6.99. The Balaban J connectivity index is 3.49. The lowest BCUT2D eigenvalue weighted by molar-refractivity contribution is 0.0693. The number of hydrogen-bond donors (Lipinski definition) is 2. The number of aromatic hydroxyl groups is 1. The Kier molecular flexibility index (Phi) is 3.10. The maximum atomic E-state index is 10.8. The van der Waals surface area contributed by atoms with Crippen LogP contribution in [0.1, 0.15) is 21.5 Å². The van der Waals surface area contributed by atoms with Gasteiger partial charge in [0.05, 0.1) is 5.56 Å². The fourth-order valence-corrected chi connectivity index (χ4v) is 1.54. The molecule has 0 saturated carbocycles. The van der Waals surface area contributed by atoms with E-state index in [1.165, 1.54) is 12.1 Å². The number of aromatic carboxylic acids is 1. The molecule has 0 unspecified atom stereocenters. The van der Waals surface area contributed by atoms with E-state index in [0.29, 0.717) is 10.9 Å². The first-order valence-corrected chi connectivity index (χ1v) is 4.78. The number of rotatable bonds is 2. The highest BCUT2D eigenvalue weighted by atomic mass is 79.9. The normalized spacial score (nSPS) is 9.43. The van der Waals surface area contributed by atoms with Crippen molar-refractivity contribution in [2.75, 3.05) is 0 Å². The molecule has 72 valence electrons. The second kappa shape index (κ2) is 4.11. The summed E-state index contributed by atoms with van der Waals surface area (Å²) < 4.78 is 0. The summed E-state index contributed by atoms with van der Waals surface area (Å²) >= 11 is 3.10. The van der Waals surface area contributed by atoms with Gasteiger partial charge in [0.1, 0.15) is 17.4 Å². The van der Waals surface area contributed by atoms with Crippen LogP contribution in [0.2, 0.25) is 0 Å². The van der Waals surface area contributed by atoms with E-state index in [9.17, 15) is 9.90 Å². The van der Waals surface area contributed by atoms with Crippen molar-refractivity contribution in [1.29, 1.82) is 5.26 Å². The maximum absolute atomic E-state index is 10.8. The molecule has 0 amide bonds. The minimum absolute atomic E-state index is 0.0351. The molecular weight excluding hydrogens is 250 g/mol. The molecule has 0 spiro atoms. The van der Waals surface area contributed by atoms with Crippen LogP contribution in [-0.4, -0.2) is 16.2 Å². The van der Waals surface area contributed by atoms with E-state index in [0.717, 1.165) is 0 Å². The number of nitriles is 1. The molecule has 0 fully saturated rings. The first-order valence-electron chi connectivity index (χ1n) is 3.66. The number of carboxylic acid groups (broad SMARTS) is 1. The Bertz CT molecular complexity index is 423. The van der Waals surface area contributed by atoms with Crippen LogP contribution in [0.25, 0.3) is 0 Å². The van der Waals surface area contributed by atoms with Gasteiger partial charge in [-0.2, -0.15) is 5.26 Å². The monoisotopic (exact) mass is 255 g/mol. The minimum Gasteiger partial charge on any atom is -0.506 e. The van der Waals surface area contributed by atoms with Crippen molar-refractivity contribution in [3.63, 3.8) is 0 Å². The van der Waals surface area contributed by atoms with Gasteiger partial charge in [0.25, 0.3) is 0 Å². The van der Waals surface area contributed by atoms with Gasteiger partial charge in [-0.25, -0.2) is 4.79 Å². The Hall–Kier alpha value is -1.54. The Morgan fingerprint density at radius 3 is 2.64 bits per heavy atom. The molecule has 0 aliphatic carbocycles. The van der Waals surface area contributed by atoms with Gasteiger partial charge in [-0.05, 0) is 11.6 Å². The largest absolute Gasteiger partial charge is 0.506 e. The van der Waals surface area contributed by atoms with Crippen LogP contribution in [0.5, 0.6) is 5.75 Å². The molecule has 0 bridgehead atoms. The van der Waals surface area contributed by atoms with Crippen LogP contribution in [0.3, 0.4) is 0 Å². The highest BCUT2D eigenvalue weighted by Crippen LogP contribution is 2.26. The fraction of sp³-hybridized carbons (Fsp3) is 0.111. The molecule has 1 rings (SSSR count). The molecule has 0 aliphatic heterocycles. The number of phenols is 1. The second-order valence-electron chi connectivity index (χ2n) is 2.55. The smallest absolute Gasteiger partial charge is 0.339 e. The van der Waals surface area contributed by atoms with Crippen molar-refractivity contribution in [2.45, 2.75) is 5.33 Å². The van der Waals surface area contributed by atoms with E-state index in [2.05, 4.69) is 15.9 Å². The van der Waals surface area contributed by atoms with Crippen LogP contribution in [-0.2, 0) is 5.33 Å². The summed E-state index contributed by atoms with van der Waals surface area (Å²) in [7, 11) is 0. The van der Waals surface area contributed by atoms with Gasteiger partial charge < -0.3 is 10.2 Å². The summed E-state index contributed by atoms with van der Waals surface area (Å²) in [6.45, 7) is 0. The van der Waals surface area contributed by atoms with Crippen LogP contribution in [0.15, 0.2) is 12.1 Å². The van der Waals surface area contributed by atoms with E-state index in [1.807, 2.05) is 0 Å². The van der Waals surface area contributed by atoms with Crippen molar-refractivity contribution >= 4 is 21.9 Å². The lowest BCUT2D eigenvalue weighted by Crippen LogP contribution is -2.02. The standard InChI is InChI=1S/C9H6BrNO3/c10-3-5-1-2-6(4-11)8(12)7(5)9(13)14/h1-2,12H,3H2,(H,13,14). The maximum Gasteiger partial charge on any atom is 0.339 e. The van der Waals surface area contributed by atoms with Crippen molar-refractivity contribution in [1.82, 2.24) is 0 Å². The number of benzene rings is 1. The van der Waals surface area contributed by atoms with Gasteiger partial charge in [0.15, 0.2) is 0 Å². The average molecular weight is 256 g/mol. The van der Waals surface area contributed by atoms with E-state index < -0.39 is 11.7 Å². The molecule has 0 radical (unpaired) electrons. The molecule has 2 N–H and O–H groups in total. The average Bonchev–Trinajstić information content (AvgIpc) is 2.16. The lowest BCUT2D eigenvalue weighted by atomic mass is 10.0. The van der Waals surface area contributed by atoms with E-state index in [1.54, 1.807) is 6.07 Å². The zero-order valence-corrected chi connectivity index (χ0v) is 8.58. The highest BCUT2D eigenvalue weighted by molar-refractivity contribution is 9.08. The number of halogens is 1. The molecule has 1 aromatic rings. The van der Waals surface area contributed by atoms with E-state index in [4.69, 9.17) is 10.4 Å². The molecule has 0 saturated heterocycles. The molecule has 0 heterocycles.